The first-order valence-electron chi connectivity index (χ1n) is 26.4. The summed E-state index contributed by atoms with van der Waals surface area (Å²) in [5.41, 5.74) is 11.0. The van der Waals surface area contributed by atoms with Crippen LogP contribution in [-0.2, 0) is 47.5 Å². The smallest absolute Gasteiger partial charge is 0.366 e. The lowest BCUT2D eigenvalue weighted by molar-refractivity contribution is -0.311. The number of ether oxygens (including phenoxy) is 9. The van der Waals surface area contributed by atoms with E-state index in [1.54, 1.807) is 42.1 Å². The van der Waals surface area contributed by atoms with Gasteiger partial charge >= 0.3 is 5.97 Å². The van der Waals surface area contributed by atoms with E-state index < -0.39 is 72.9 Å². The molecule has 4 rings (SSSR count). The number of azide groups is 1. The molecule has 442 valence electrons. The van der Waals surface area contributed by atoms with Crippen molar-refractivity contribution < 1.29 is 81.9 Å². The number of carbonyl (C=O) groups excluding carboxylic acids is 5. The number of benzene rings is 3. The molecule has 0 radical (unpaired) electrons. The number of thioether (sulfide) groups is 2. The van der Waals surface area contributed by atoms with E-state index in [0.29, 0.717) is 88.5 Å². The standard InChI is InChI=1S/C54H77N7O17S2/c1-4-79-33-18-56-51(67)42-15-16-43(46(35-42)76-31-30-75-29-28-74-27-26-73-25-24-72-23-22-71-21-17-59-61-55)52(68)57-19-34-80-32-8-20-77-54(53(69)70-3)36-44(63)47(60-38(2)62)49(78-54)48(65)45(64)37-58-50(66)41-13-11-40(12-14-41)39-9-6-5-7-10-39/h5-7,9-16,35,44-45,47-49,63-65H,4,8,17-34,36-37H2,1-3H3,(H,56,67)(H,57,68)(H,58,66)(H,60,62)/t44-,45+,47+,48+,49+,54+/m0/s1. The first-order chi connectivity index (χ1) is 38.8. The number of aliphatic hydroxyl groups excluding tert-OH is 3. The SMILES string of the molecule is CCSCCNC(=O)c1ccc(C(=O)NCCSCCCO[C@]2(C(=O)OC)C[C@H](O)[C@@H](NC(C)=O)[C@H]([C@H](O)[C@H](O)CNC(=O)c3ccc(-c4ccccc4)cc3)O2)c(OCCOCCOCCOCCOCCOCCN=[N+]=[N-])c1. The third-order valence-corrected chi connectivity index (χ3v) is 13.8. The summed E-state index contributed by atoms with van der Waals surface area (Å²) in [6.45, 7) is 7.26. The van der Waals surface area contributed by atoms with Crippen LogP contribution in [0.1, 0.15) is 57.8 Å². The number of nitrogens with one attached hydrogen (secondary N) is 4. The molecule has 24 nitrogen and oxygen atoms in total. The van der Waals surface area contributed by atoms with Crippen LogP contribution in [0.15, 0.2) is 77.9 Å². The monoisotopic (exact) mass is 1160 g/mol. The molecule has 7 N–H and O–H groups in total. The van der Waals surface area contributed by atoms with Crippen LogP contribution in [-0.4, -0.2) is 217 Å². The normalized spacial score (nSPS) is 17.6. The highest BCUT2D eigenvalue weighted by molar-refractivity contribution is 7.99. The van der Waals surface area contributed by atoms with Gasteiger partial charge in [-0.1, -0.05) is 54.5 Å². The lowest BCUT2D eigenvalue weighted by atomic mass is 9.88. The van der Waals surface area contributed by atoms with Crippen LogP contribution >= 0.6 is 23.5 Å². The second kappa shape index (κ2) is 39.0. The van der Waals surface area contributed by atoms with Gasteiger partial charge in [0, 0.05) is 67.1 Å². The predicted molar refractivity (Wildman–Crippen MR) is 300 cm³/mol. The summed E-state index contributed by atoms with van der Waals surface area (Å²) >= 11 is 3.18. The lowest BCUT2D eigenvalue weighted by Gasteiger charge is -2.47. The molecule has 1 aliphatic rings. The van der Waals surface area contributed by atoms with Crippen LogP contribution in [0.25, 0.3) is 21.6 Å². The molecule has 4 amide bonds. The first kappa shape index (κ1) is 66.9. The topological polar surface area (TPSA) is 326 Å². The largest absolute Gasteiger partial charge is 0.490 e. The Hall–Kier alpha value is -5.58. The maximum absolute atomic E-state index is 13.5. The summed E-state index contributed by atoms with van der Waals surface area (Å²) in [7, 11) is 1.10. The number of carbonyl (C=O) groups is 5. The zero-order valence-electron chi connectivity index (χ0n) is 45.6. The third-order valence-electron chi connectivity index (χ3n) is 11.8. The summed E-state index contributed by atoms with van der Waals surface area (Å²) in [6.07, 6.45) is -6.81. The average molecular weight is 1160 g/mol. The molecule has 1 fully saturated rings. The van der Waals surface area contributed by atoms with Crippen molar-refractivity contribution in [2.24, 2.45) is 5.11 Å². The van der Waals surface area contributed by atoms with Crippen molar-refractivity contribution in [3.63, 3.8) is 0 Å². The van der Waals surface area contributed by atoms with E-state index >= 15 is 0 Å². The lowest BCUT2D eigenvalue weighted by Crippen LogP contribution is -2.68. The maximum atomic E-state index is 13.5. The van der Waals surface area contributed by atoms with Gasteiger partial charge in [0.2, 0.25) is 5.91 Å². The molecule has 0 saturated carbocycles. The molecule has 0 spiro atoms. The summed E-state index contributed by atoms with van der Waals surface area (Å²) in [4.78, 5) is 67.7. The number of aliphatic hydroxyl groups is 3. The Kier molecular flexibility index (Phi) is 32.6. The Bertz CT molecular complexity index is 2360. The van der Waals surface area contributed by atoms with Crippen molar-refractivity contribution in [3.05, 3.63) is 99.9 Å². The second-order valence-electron chi connectivity index (χ2n) is 17.6. The Labute approximate surface area is 474 Å². The Morgan fingerprint density at radius 2 is 1.31 bits per heavy atom. The number of hydrogen-bond acceptors (Lipinski definition) is 20. The molecular weight excluding hydrogens is 1080 g/mol. The molecule has 0 bridgehead atoms. The van der Waals surface area contributed by atoms with Crippen molar-refractivity contribution in [3.8, 4) is 16.9 Å². The van der Waals surface area contributed by atoms with E-state index in [4.69, 9.17) is 48.2 Å². The summed E-state index contributed by atoms with van der Waals surface area (Å²) in [5, 5.41) is 48.1. The van der Waals surface area contributed by atoms with Crippen molar-refractivity contribution in [2.45, 2.75) is 62.9 Å². The van der Waals surface area contributed by atoms with Gasteiger partial charge in [-0.05, 0) is 64.9 Å². The molecule has 80 heavy (non-hydrogen) atoms. The highest BCUT2D eigenvalue weighted by Crippen LogP contribution is 2.35. The molecule has 3 aromatic carbocycles. The molecule has 0 aliphatic carbocycles. The Morgan fingerprint density at radius 1 is 0.738 bits per heavy atom. The van der Waals surface area contributed by atoms with E-state index in [0.717, 1.165) is 29.7 Å². The number of hydrogen-bond donors (Lipinski definition) is 7. The van der Waals surface area contributed by atoms with E-state index in [1.807, 2.05) is 37.3 Å². The van der Waals surface area contributed by atoms with E-state index in [-0.39, 0.29) is 56.7 Å². The number of methoxy groups -OCH3 is 1. The van der Waals surface area contributed by atoms with Gasteiger partial charge in [0.1, 0.15) is 24.6 Å². The van der Waals surface area contributed by atoms with Gasteiger partial charge in [0.25, 0.3) is 23.5 Å². The maximum Gasteiger partial charge on any atom is 0.366 e. The van der Waals surface area contributed by atoms with Crippen LogP contribution in [0, 0.1) is 0 Å². The molecule has 0 aromatic heterocycles. The molecule has 3 aromatic rings. The fourth-order valence-electron chi connectivity index (χ4n) is 7.81. The molecular formula is C54H77N7O17S2. The van der Waals surface area contributed by atoms with Gasteiger partial charge in [-0.25, -0.2) is 4.79 Å². The van der Waals surface area contributed by atoms with Gasteiger partial charge in [-0.15, -0.1) is 0 Å². The van der Waals surface area contributed by atoms with Crippen molar-refractivity contribution in [2.75, 3.05) is 136 Å². The Morgan fingerprint density at radius 3 is 1.93 bits per heavy atom. The quantitative estimate of drug-likeness (QED) is 0.0141. The zero-order chi connectivity index (χ0) is 57.8. The number of rotatable bonds is 41. The fraction of sp³-hybridized carbons (Fsp3) is 0.574. The number of nitrogens with zero attached hydrogens (tertiary/aromatic N) is 3. The van der Waals surface area contributed by atoms with E-state index in [2.05, 4.69) is 31.3 Å². The molecule has 1 saturated heterocycles. The van der Waals surface area contributed by atoms with Gasteiger partial charge < -0.3 is 79.2 Å². The molecule has 6 atom stereocenters. The van der Waals surface area contributed by atoms with Gasteiger partial charge in [-0.2, -0.15) is 23.5 Å². The van der Waals surface area contributed by atoms with Crippen molar-refractivity contribution >= 4 is 53.1 Å². The molecule has 1 heterocycles. The van der Waals surface area contributed by atoms with Crippen LogP contribution < -0.4 is 26.0 Å². The number of amides is 4. The number of esters is 1. The zero-order valence-corrected chi connectivity index (χ0v) is 47.2. The minimum absolute atomic E-state index is 0.0841. The fourth-order valence-corrected chi connectivity index (χ4v) is 9.12. The van der Waals surface area contributed by atoms with Crippen LogP contribution in [0.2, 0.25) is 0 Å². The van der Waals surface area contributed by atoms with Crippen LogP contribution in [0.4, 0.5) is 0 Å². The third kappa shape index (κ3) is 24.3. The highest BCUT2D eigenvalue weighted by atomic mass is 32.2. The highest BCUT2D eigenvalue weighted by Gasteiger charge is 2.56. The van der Waals surface area contributed by atoms with Crippen LogP contribution in [0.3, 0.4) is 0 Å². The van der Waals surface area contributed by atoms with E-state index in [9.17, 15) is 39.3 Å². The first-order valence-corrected chi connectivity index (χ1v) is 28.7. The molecule has 0 unspecified atom stereocenters. The Balaban J connectivity index is 1.21. The minimum Gasteiger partial charge on any atom is -0.490 e. The second-order valence-corrected chi connectivity index (χ2v) is 20.3. The predicted octanol–water partition coefficient (Wildman–Crippen LogP) is 3.15. The molecule has 26 heteroatoms. The minimum atomic E-state index is -2.25. The van der Waals surface area contributed by atoms with Crippen molar-refractivity contribution in [1.82, 2.24) is 21.3 Å². The summed E-state index contributed by atoms with van der Waals surface area (Å²) < 4.78 is 50.4. The van der Waals surface area contributed by atoms with Crippen LogP contribution in [0.5, 0.6) is 5.75 Å². The van der Waals surface area contributed by atoms with Gasteiger partial charge in [-0.3, -0.25) is 19.2 Å². The summed E-state index contributed by atoms with van der Waals surface area (Å²) in [5.74, 6) is -2.26. The van der Waals surface area contributed by atoms with E-state index in [1.165, 1.54) is 30.8 Å². The van der Waals surface area contributed by atoms with Gasteiger partial charge in [0.15, 0.2) is 0 Å². The average Bonchev–Trinajstić information content (AvgIpc) is 3.50. The van der Waals surface area contributed by atoms with Gasteiger partial charge in [0.05, 0.1) is 104 Å². The summed E-state index contributed by atoms with van der Waals surface area (Å²) in [6, 6.07) is 19.7. The van der Waals surface area contributed by atoms with Crippen molar-refractivity contribution in [1.29, 1.82) is 0 Å². The molecule has 1 aliphatic heterocycles.